The fraction of sp³-hybridized carbons (Fsp3) is 0.545. The molecule has 3 heteroatoms. The topological polar surface area (TPSA) is 27.7 Å². The molecule has 0 amide bonds. The highest BCUT2D eigenvalue weighted by Crippen LogP contribution is 2.37. The minimum atomic E-state index is -0.114. The van der Waals surface area contributed by atoms with Crippen molar-refractivity contribution in [3.8, 4) is 11.5 Å². The summed E-state index contributed by atoms with van der Waals surface area (Å²) in [7, 11) is 0. The van der Waals surface area contributed by atoms with Gasteiger partial charge in [-0.3, -0.25) is 0 Å². The molecule has 0 spiro atoms. The van der Waals surface area contributed by atoms with E-state index in [1.165, 1.54) is 11.1 Å². The number of hydrogen-bond donors (Lipinski definition) is 0. The molecular weight excluding hydrogens is 312 g/mol. The average molecular weight is 344 g/mol. The summed E-state index contributed by atoms with van der Waals surface area (Å²) in [6.07, 6.45) is 8.21. The fourth-order valence-electron chi connectivity index (χ4n) is 2.97. The van der Waals surface area contributed by atoms with Crippen LogP contribution in [0.15, 0.2) is 42.0 Å². The zero-order valence-corrected chi connectivity index (χ0v) is 16.5. The molecule has 0 bridgehead atoms. The maximum absolute atomic E-state index is 5.95. The standard InChI is InChI=1S/C22H32O3/c1-7-24-21(3,4)13-8-9-17(2)12-14-23-19-11-10-18-16-22(5,6)25-20(18)15-19/h8-12,15H,7,13-14,16H2,1-6H3. The summed E-state index contributed by atoms with van der Waals surface area (Å²) in [5.74, 6) is 1.79. The van der Waals surface area contributed by atoms with Gasteiger partial charge in [0.05, 0.1) is 5.60 Å². The van der Waals surface area contributed by atoms with Gasteiger partial charge in [0.2, 0.25) is 0 Å². The van der Waals surface area contributed by atoms with Gasteiger partial charge in [0, 0.05) is 19.1 Å². The van der Waals surface area contributed by atoms with Crippen molar-refractivity contribution < 1.29 is 14.2 Å². The van der Waals surface area contributed by atoms with Gasteiger partial charge in [0.25, 0.3) is 0 Å². The molecule has 1 aliphatic rings. The van der Waals surface area contributed by atoms with Gasteiger partial charge in [-0.25, -0.2) is 0 Å². The van der Waals surface area contributed by atoms with Crippen molar-refractivity contribution in [2.75, 3.05) is 13.2 Å². The van der Waals surface area contributed by atoms with Crippen LogP contribution in [0.5, 0.6) is 11.5 Å². The predicted molar refractivity (Wildman–Crippen MR) is 104 cm³/mol. The Balaban J connectivity index is 1.83. The van der Waals surface area contributed by atoms with Crippen molar-refractivity contribution in [3.63, 3.8) is 0 Å². The third-order valence-corrected chi connectivity index (χ3v) is 4.22. The maximum atomic E-state index is 5.95. The number of ether oxygens (including phenoxy) is 3. The molecule has 0 aliphatic carbocycles. The first-order chi connectivity index (χ1) is 11.7. The molecule has 2 rings (SSSR count). The second-order valence-electron chi connectivity index (χ2n) is 7.87. The lowest BCUT2D eigenvalue weighted by Crippen LogP contribution is -2.24. The summed E-state index contributed by atoms with van der Waals surface area (Å²) in [6.45, 7) is 13.8. The molecule has 0 saturated carbocycles. The minimum Gasteiger partial charge on any atom is -0.489 e. The van der Waals surface area contributed by atoms with Crippen molar-refractivity contribution >= 4 is 0 Å². The zero-order valence-electron chi connectivity index (χ0n) is 16.5. The summed E-state index contributed by atoms with van der Waals surface area (Å²) in [4.78, 5) is 0. The van der Waals surface area contributed by atoms with Crippen LogP contribution in [0.2, 0.25) is 0 Å². The van der Waals surface area contributed by atoms with E-state index in [0.717, 1.165) is 30.9 Å². The number of hydrogen-bond acceptors (Lipinski definition) is 3. The fourth-order valence-corrected chi connectivity index (χ4v) is 2.97. The van der Waals surface area contributed by atoms with Gasteiger partial charge in [0.15, 0.2) is 0 Å². The summed E-state index contributed by atoms with van der Waals surface area (Å²) >= 11 is 0. The van der Waals surface area contributed by atoms with Crippen LogP contribution >= 0.6 is 0 Å². The molecule has 138 valence electrons. The van der Waals surface area contributed by atoms with Gasteiger partial charge < -0.3 is 14.2 Å². The van der Waals surface area contributed by atoms with E-state index in [1.54, 1.807) is 0 Å². The number of benzene rings is 1. The van der Waals surface area contributed by atoms with E-state index < -0.39 is 0 Å². The molecule has 0 atom stereocenters. The van der Waals surface area contributed by atoms with Crippen molar-refractivity contribution in [2.45, 2.75) is 65.6 Å². The molecule has 1 aromatic carbocycles. The van der Waals surface area contributed by atoms with Crippen LogP contribution < -0.4 is 9.47 Å². The molecule has 0 N–H and O–H groups in total. The Hall–Kier alpha value is -1.74. The molecule has 0 saturated heterocycles. The SMILES string of the molecule is CCOC(C)(C)CC=CC(C)=CCOc1ccc2c(c1)OC(C)(C)C2. The molecule has 3 nitrogen and oxygen atoms in total. The second-order valence-corrected chi connectivity index (χ2v) is 7.87. The smallest absolute Gasteiger partial charge is 0.127 e. The second kappa shape index (κ2) is 8.09. The summed E-state index contributed by atoms with van der Waals surface area (Å²) in [6, 6.07) is 6.12. The summed E-state index contributed by atoms with van der Waals surface area (Å²) < 4.78 is 17.5. The molecule has 0 unspecified atom stereocenters. The Morgan fingerprint density at radius 3 is 2.80 bits per heavy atom. The highest BCUT2D eigenvalue weighted by atomic mass is 16.5. The number of fused-ring (bicyclic) bond motifs is 1. The van der Waals surface area contributed by atoms with Crippen LogP contribution in [-0.2, 0) is 11.2 Å². The van der Waals surface area contributed by atoms with Crippen LogP contribution in [0.3, 0.4) is 0 Å². The Kier molecular flexibility index (Phi) is 6.34. The van der Waals surface area contributed by atoms with Crippen LogP contribution in [0.4, 0.5) is 0 Å². The lowest BCUT2D eigenvalue weighted by atomic mass is 10.0. The quantitative estimate of drug-likeness (QED) is 0.584. The highest BCUT2D eigenvalue weighted by molar-refractivity contribution is 5.44. The third kappa shape index (κ3) is 6.24. The van der Waals surface area contributed by atoms with Crippen molar-refractivity contribution in [3.05, 3.63) is 47.6 Å². The molecule has 1 aliphatic heterocycles. The molecule has 0 radical (unpaired) electrons. The molecule has 1 aromatic rings. The number of allylic oxidation sites excluding steroid dienone is 2. The van der Waals surface area contributed by atoms with Gasteiger partial charge in [-0.15, -0.1) is 0 Å². The maximum Gasteiger partial charge on any atom is 0.127 e. The monoisotopic (exact) mass is 344 g/mol. The first-order valence-electron chi connectivity index (χ1n) is 9.13. The molecule has 0 fully saturated rings. The van der Waals surface area contributed by atoms with Crippen molar-refractivity contribution in [1.82, 2.24) is 0 Å². The predicted octanol–water partition coefficient (Wildman–Crippen LogP) is 5.49. The Labute approximate surface area is 152 Å². The van der Waals surface area contributed by atoms with E-state index >= 15 is 0 Å². The van der Waals surface area contributed by atoms with Crippen molar-refractivity contribution in [2.24, 2.45) is 0 Å². The normalized spacial score (nSPS) is 16.8. The molecule has 25 heavy (non-hydrogen) atoms. The summed E-state index contributed by atoms with van der Waals surface area (Å²) in [5.41, 5.74) is 2.22. The van der Waals surface area contributed by atoms with Crippen LogP contribution in [-0.4, -0.2) is 24.4 Å². The molecular formula is C22H32O3. The average Bonchev–Trinajstić information content (AvgIpc) is 2.80. The van der Waals surface area contributed by atoms with E-state index in [9.17, 15) is 0 Å². The lowest BCUT2D eigenvalue weighted by molar-refractivity contribution is -0.00733. The Morgan fingerprint density at radius 2 is 2.08 bits per heavy atom. The van der Waals surface area contributed by atoms with Crippen LogP contribution in [0.1, 0.15) is 53.5 Å². The van der Waals surface area contributed by atoms with Crippen LogP contribution in [0, 0.1) is 0 Å². The zero-order chi connectivity index (χ0) is 18.5. The van der Waals surface area contributed by atoms with E-state index in [1.807, 2.05) is 19.1 Å². The summed E-state index contributed by atoms with van der Waals surface area (Å²) in [5, 5.41) is 0. The number of rotatable bonds is 8. The van der Waals surface area contributed by atoms with Gasteiger partial charge in [0.1, 0.15) is 23.7 Å². The Bertz CT molecular complexity index is 639. The van der Waals surface area contributed by atoms with E-state index in [2.05, 4.69) is 58.9 Å². The Morgan fingerprint density at radius 1 is 1.32 bits per heavy atom. The van der Waals surface area contributed by atoms with E-state index in [0.29, 0.717) is 6.61 Å². The largest absolute Gasteiger partial charge is 0.489 e. The van der Waals surface area contributed by atoms with Gasteiger partial charge in [-0.2, -0.15) is 0 Å². The van der Waals surface area contributed by atoms with Crippen molar-refractivity contribution in [1.29, 1.82) is 0 Å². The van der Waals surface area contributed by atoms with Gasteiger partial charge >= 0.3 is 0 Å². The third-order valence-electron chi connectivity index (χ3n) is 4.22. The molecule has 1 heterocycles. The molecule has 0 aromatic heterocycles. The van der Waals surface area contributed by atoms with Gasteiger partial charge in [-0.05, 0) is 65.7 Å². The highest BCUT2D eigenvalue weighted by Gasteiger charge is 2.30. The minimum absolute atomic E-state index is 0.111. The van der Waals surface area contributed by atoms with Crippen LogP contribution in [0.25, 0.3) is 0 Å². The lowest BCUT2D eigenvalue weighted by Gasteiger charge is -2.22. The van der Waals surface area contributed by atoms with Gasteiger partial charge in [-0.1, -0.05) is 23.8 Å². The van der Waals surface area contributed by atoms with E-state index in [-0.39, 0.29) is 11.2 Å². The van der Waals surface area contributed by atoms with E-state index in [4.69, 9.17) is 14.2 Å². The first-order valence-corrected chi connectivity index (χ1v) is 9.13. The first kappa shape index (κ1) is 19.6.